The lowest BCUT2D eigenvalue weighted by Crippen LogP contribution is -2.16. The van der Waals surface area contributed by atoms with Gasteiger partial charge in [-0.2, -0.15) is 0 Å². The first-order valence-corrected chi connectivity index (χ1v) is 7.30. The van der Waals surface area contributed by atoms with Crippen LogP contribution in [0.4, 0.5) is 5.69 Å². The van der Waals surface area contributed by atoms with Crippen molar-refractivity contribution in [2.24, 2.45) is 0 Å². The minimum atomic E-state index is -0.135. The lowest BCUT2D eigenvalue weighted by atomic mass is 10.1. The number of aryl methyl sites for hydroxylation is 4. The van der Waals surface area contributed by atoms with Gasteiger partial charge in [-0.3, -0.25) is 9.20 Å². The molecule has 3 rings (SSSR count). The van der Waals surface area contributed by atoms with Crippen LogP contribution in [0, 0.1) is 27.7 Å². The summed E-state index contributed by atoms with van der Waals surface area (Å²) in [5, 5.41) is 3.01. The normalized spacial score (nSPS) is 10.9. The maximum absolute atomic E-state index is 12.7. The molecule has 1 amide bonds. The van der Waals surface area contributed by atoms with Crippen molar-refractivity contribution in [3.63, 3.8) is 0 Å². The Morgan fingerprint density at radius 2 is 1.86 bits per heavy atom. The molecular formula is C18H19N3O. The Balaban J connectivity index is 2.04. The van der Waals surface area contributed by atoms with Gasteiger partial charge in [0, 0.05) is 11.9 Å². The van der Waals surface area contributed by atoms with Crippen molar-refractivity contribution in [2.45, 2.75) is 27.7 Å². The average Bonchev–Trinajstić information content (AvgIpc) is 2.80. The van der Waals surface area contributed by atoms with Crippen LogP contribution in [0.25, 0.3) is 5.65 Å². The van der Waals surface area contributed by atoms with Gasteiger partial charge in [0.1, 0.15) is 11.3 Å². The number of hydrogen-bond acceptors (Lipinski definition) is 2. The molecule has 0 aliphatic carbocycles. The number of pyridine rings is 1. The van der Waals surface area contributed by atoms with E-state index < -0.39 is 0 Å². The molecule has 2 aromatic heterocycles. The molecule has 0 atom stereocenters. The van der Waals surface area contributed by atoms with Crippen LogP contribution >= 0.6 is 0 Å². The summed E-state index contributed by atoms with van der Waals surface area (Å²) in [6.45, 7) is 7.86. The van der Waals surface area contributed by atoms with E-state index in [-0.39, 0.29) is 5.91 Å². The summed E-state index contributed by atoms with van der Waals surface area (Å²) < 4.78 is 1.85. The molecule has 4 heteroatoms. The number of rotatable bonds is 2. The Morgan fingerprint density at radius 1 is 1.09 bits per heavy atom. The molecule has 112 valence electrons. The first-order chi connectivity index (χ1) is 10.5. The number of nitrogens with zero attached hydrogens (tertiary/aromatic N) is 2. The second-order valence-corrected chi connectivity index (χ2v) is 5.70. The minimum Gasteiger partial charge on any atom is -0.320 e. The van der Waals surface area contributed by atoms with Gasteiger partial charge in [-0.1, -0.05) is 18.2 Å². The molecule has 0 spiro atoms. The number of carbonyl (C=O) groups excluding carboxylic acids is 1. The molecule has 0 bridgehead atoms. The summed E-state index contributed by atoms with van der Waals surface area (Å²) >= 11 is 0. The molecule has 0 saturated heterocycles. The molecule has 0 fully saturated rings. The predicted octanol–water partition coefficient (Wildman–Crippen LogP) is 3.82. The van der Waals surface area contributed by atoms with E-state index in [0.717, 1.165) is 33.7 Å². The molecule has 2 heterocycles. The van der Waals surface area contributed by atoms with Crippen molar-refractivity contribution in [1.29, 1.82) is 0 Å². The van der Waals surface area contributed by atoms with E-state index in [1.807, 2.05) is 68.6 Å². The second-order valence-electron chi connectivity index (χ2n) is 5.70. The molecule has 4 nitrogen and oxygen atoms in total. The highest BCUT2D eigenvalue weighted by molar-refractivity contribution is 6.05. The van der Waals surface area contributed by atoms with Gasteiger partial charge >= 0.3 is 0 Å². The third-order valence-electron chi connectivity index (χ3n) is 3.88. The standard InChI is InChI=1S/C18H19N3O/c1-11-7-8-12(2)15(10-11)20-18(22)16-14(4)19-17-13(3)6-5-9-21(16)17/h5-10H,1-4H3,(H,20,22). The molecule has 0 radical (unpaired) electrons. The highest BCUT2D eigenvalue weighted by Gasteiger charge is 2.18. The van der Waals surface area contributed by atoms with Gasteiger partial charge in [-0.05, 0) is 56.5 Å². The highest BCUT2D eigenvalue weighted by atomic mass is 16.2. The zero-order valence-electron chi connectivity index (χ0n) is 13.3. The smallest absolute Gasteiger partial charge is 0.274 e. The lowest BCUT2D eigenvalue weighted by Gasteiger charge is -2.10. The Hall–Kier alpha value is -2.62. The molecule has 0 unspecified atom stereocenters. The van der Waals surface area contributed by atoms with Crippen molar-refractivity contribution < 1.29 is 4.79 Å². The number of anilines is 1. The van der Waals surface area contributed by atoms with Crippen LogP contribution in [0.2, 0.25) is 0 Å². The van der Waals surface area contributed by atoms with E-state index in [4.69, 9.17) is 0 Å². The quantitative estimate of drug-likeness (QED) is 0.780. The third-order valence-corrected chi connectivity index (χ3v) is 3.88. The van der Waals surface area contributed by atoms with Crippen LogP contribution in [-0.4, -0.2) is 15.3 Å². The van der Waals surface area contributed by atoms with Crippen molar-refractivity contribution in [3.05, 3.63) is 64.6 Å². The van der Waals surface area contributed by atoms with E-state index in [1.54, 1.807) is 0 Å². The molecule has 0 saturated carbocycles. The zero-order chi connectivity index (χ0) is 15.9. The van der Waals surface area contributed by atoms with Gasteiger partial charge in [0.25, 0.3) is 5.91 Å². The summed E-state index contributed by atoms with van der Waals surface area (Å²) in [6, 6.07) is 9.95. The number of carbonyl (C=O) groups is 1. The Labute approximate surface area is 129 Å². The van der Waals surface area contributed by atoms with Crippen LogP contribution < -0.4 is 5.32 Å². The number of aromatic nitrogens is 2. The lowest BCUT2D eigenvalue weighted by molar-refractivity contribution is 0.102. The van der Waals surface area contributed by atoms with Crippen molar-refractivity contribution in [2.75, 3.05) is 5.32 Å². The summed E-state index contributed by atoms with van der Waals surface area (Å²) in [6.07, 6.45) is 1.88. The number of benzene rings is 1. The SMILES string of the molecule is Cc1ccc(C)c(NC(=O)c2c(C)nc3c(C)cccn23)c1. The fourth-order valence-corrected chi connectivity index (χ4v) is 2.64. The molecule has 1 aromatic carbocycles. The molecule has 22 heavy (non-hydrogen) atoms. The van der Waals surface area contributed by atoms with E-state index in [0.29, 0.717) is 5.69 Å². The minimum absolute atomic E-state index is 0.135. The second kappa shape index (κ2) is 5.30. The molecule has 0 aliphatic rings. The fraction of sp³-hybridized carbons (Fsp3) is 0.222. The molecule has 3 aromatic rings. The molecular weight excluding hydrogens is 274 g/mol. The van der Waals surface area contributed by atoms with Crippen LogP contribution in [0.15, 0.2) is 36.5 Å². The first kappa shape index (κ1) is 14.3. The maximum atomic E-state index is 12.7. The van der Waals surface area contributed by atoms with Gasteiger partial charge < -0.3 is 5.32 Å². The van der Waals surface area contributed by atoms with Gasteiger partial charge in [-0.15, -0.1) is 0 Å². The summed E-state index contributed by atoms with van der Waals surface area (Å²) in [4.78, 5) is 17.2. The van der Waals surface area contributed by atoms with Crippen LogP contribution in [0.1, 0.15) is 32.9 Å². The average molecular weight is 293 g/mol. The third kappa shape index (κ3) is 2.37. The molecule has 1 N–H and O–H groups in total. The topological polar surface area (TPSA) is 46.4 Å². The Morgan fingerprint density at radius 3 is 2.64 bits per heavy atom. The molecule has 0 aliphatic heterocycles. The summed E-state index contributed by atoms with van der Waals surface area (Å²) in [5.41, 5.74) is 6.19. The zero-order valence-corrected chi connectivity index (χ0v) is 13.3. The van der Waals surface area contributed by atoms with Crippen molar-refractivity contribution >= 4 is 17.2 Å². The summed E-state index contributed by atoms with van der Waals surface area (Å²) in [5.74, 6) is -0.135. The van der Waals surface area contributed by atoms with Gasteiger partial charge in [0.2, 0.25) is 0 Å². The Bertz CT molecular complexity index is 877. The number of imidazole rings is 1. The monoisotopic (exact) mass is 293 g/mol. The van der Waals surface area contributed by atoms with E-state index in [9.17, 15) is 4.79 Å². The maximum Gasteiger partial charge on any atom is 0.274 e. The van der Waals surface area contributed by atoms with Gasteiger partial charge in [0.05, 0.1) is 5.69 Å². The Kier molecular flexibility index (Phi) is 3.45. The predicted molar refractivity (Wildman–Crippen MR) is 88.5 cm³/mol. The number of nitrogens with one attached hydrogen (secondary N) is 1. The highest BCUT2D eigenvalue weighted by Crippen LogP contribution is 2.20. The van der Waals surface area contributed by atoms with Crippen LogP contribution in [-0.2, 0) is 0 Å². The number of fused-ring (bicyclic) bond motifs is 1. The van der Waals surface area contributed by atoms with Crippen LogP contribution in [0.5, 0.6) is 0 Å². The van der Waals surface area contributed by atoms with E-state index >= 15 is 0 Å². The number of amides is 1. The largest absolute Gasteiger partial charge is 0.320 e. The van der Waals surface area contributed by atoms with Crippen LogP contribution in [0.3, 0.4) is 0 Å². The fourth-order valence-electron chi connectivity index (χ4n) is 2.64. The van der Waals surface area contributed by atoms with E-state index in [2.05, 4.69) is 10.3 Å². The van der Waals surface area contributed by atoms with Gasteiger partial charge in [0.15, 0.2) is 0 Å². The number of hydrogen-bond donors (Lipinski definition) is 1. The van der Waals surface area contributed by atoms with Crippen molar-refractivity contribution in [3.8, 4) is 0 Å². The van der Waals surface area contributed by atoms with Crippen molar-refractivity contribution in [1.82, 2.24) is 9.38 Å². The summed E-state index contributed by atoms with van der Waals surface area (Å²) in [7, 11) is 0. The first-order valence-electron chi connectivity index (χ1n) is 7.30. The van der Waals surface area contributed by atoms with E-state index in [1.165, 1.54) is 0 Å². The van der Waals surface area contributed by atoms with Gasteiger partial charge in [-0.25, -0.2) is 4.98 Å².